The molecule has 3 amide bonds. The highest BCUT2D eigenvalue weighted by Gasteiger charge is 2.22. The zero-order valence-corrected chi connectivity index (χ0v) is 14.1. The molecule has 3 N–H and O–H groups in total. The zero-order chi connectivity index (χ0) is 16.7. The van der Waals surface area contributed by atoms with Crippen molar-refractivity contribution in [3.8, 4) is 0 Å². The molecule has 0 fully saturated rings. The number of nitrogens with one attached hydrogen (secondary N) is 3. The summed E-state index contributed by atoms with van der Waals surface area (Å²) in [5.74, 6) is -0.0158. The van der Waals surface area contributed by atoms with E-state index in [4.69, 9.17) is 0 Å². The van der Waals surface area contributed by atoms with Crippen LogP contribution in [0.1, 0.15) is 44.9 Å². The molecule has 0 aromatic heterocycles. The van der Waals surface area contributed by atoms with E-state index in [-0.39, 0.29) is 11.9 Å². The maximum atomic E-state index is 12.0. The van der Waals surface area contributed by atoms with Gasteiger partial charge in [-0.15, -0.1) is 0 Å². The van der Waals surface area contributed by atoms with E-state index in [1.807, 2.05) is 0 Å². The second-order valence-electron chi connectivity index (χ2n) is 5.77. The molecule has 0 radical (unpaired) electrons. The first-order valence-electron chi connectivity index (χ1n) is 7.76. The Morgan fingerprint density at radius 3 is 2.14 bits per heavy atom. The van der Waals surface area contributed by atoms with E-state index in [0.29, 0.717) is 5.92 Å². The highest BCUT2D eigenvalue weighted by atomic mass is 16.2. The number of urea groups is 1. The predicted octanol–water partition coefficient (Wildman–Crippen LogP) is 2.38. The highest BCUT2D eigenvalue weighted by molar-refractivity contribution is 5.96. The van der Waals surface area contributed by atoms with Crippen molar-refractivity contribution < 1.29 is 9.59 Å². The number of carbonyl (C=O) groups is 2. The van der Waals surface area contributed by atoms with Gasteiger partial charge in [-0.1, -0.05) is 45.0 Å². The first-order valence-corrected chi connectivity index (χ1v) is 7.76. The van der Waals surface area contributed by atoms with Gasteiger partial charge in [-0.05, 0) is 30.4 Å². The Bertz CT molecular complexity index is 497. The van der Waals surface area contributed by atoms with Gasteiger partial charge in [0.25, 0.3) is 0 Å². The molecule has 5 nitrogen and oxygen atoms in total. The summed E-state index contributed by atoms with van der Waals surface area (Å²) in [5.41, 5.74) is 2.43. The molecule has 0 aliphatic carbocycles. The van der Waals surface area contributed by atoms with Gasteiger partial charge in [0.1, 0.15) is 0 Å². The van der Waals surface area contributed by atoms with Crippen molar-refractivity contribution in [1.29, 1.82) is 0 Å². The Balaban J connectivity index is 2.78. The first kappa shape index (κ1) is 18.2. The number of carbonyl (C=O) groups excluding carboxylic acids is 2. The minimum absolute atomic E-state index is 0.0522. The number of amides is 3. The summed E-state index contributed by atoms with van der Waals surface area (Å²) in [5, 5.41) is 7.97. The molecular formula is C17H27N3O2. The Labute approximate surface area is 132 Å². The number of aryl methyl sites for hydroxylation is 1. The van der Waals surface area contributed by atoms with Gasteiger partial charge in [0.15, 0.2) is 0 Å². The third-order valence-corrected chi connectivity index (χ3v) is 3.70. The van der Waals surface area contributed by atoms with Gasteiger partial charge in [-0.3, -0.25) is 15.4 Å². The standard InChI is InChI=1S/C17H27N3O2/c1-6-13-7-9-14(10-8-13)15(11(2)3)19-12(4)16(21)20-17(22)18-5/h7-12,15,19H,6H2,1-5H3,(H2,18,20,21,22)/t12-,15+/m0/s1. The van der Waals surface area contributed by atoms with Crippen LogP contribution in [0.5, 0.6) is 0 Å². The lowest BCUT2D eigenvalue weighted by Gasteiger charge is -2.26. The topological polar surface area (TPSA) is 70.2 Å². The smallest absolute Gasteiger partial charge is 0.321 e. The lowest BCUT2D eigenvalue weighted by atomic mass is 9.94. The Hall–Kier alpha value is -1.88. The molecule has 0 spiro atoms. The van der Waals surface area contributed by atoms with Crippen LogP contribution in [0, 0.1) is 5.92 Å². The highest BCUT2D eigenvalue weighted by Crippen LogP contribution is 2.22. The number of hydrogen-bond acceptors (Lipinski definition) is 3. The maximum absolute atomic E-state index is 12.0. The molecule has 0 bridgehead atoms. The molecule has 2 atom stereocenters. The van der Waals surface area contributed by atoms with Crippen molar-refractivity contribution >= 4 is 11.9 Å². The molecule has 0 saturated heterocycles. The predicted molar refractivity (Wildman–Crippen MR) is 88.6 cm³/mol. The van der Waals surface area contributed by atoms with Crippen LogP contribution in [-0.4, -0.2) is 25.0 Å². The minimum atomic E-state index is -0.493. The summed E-state index contributed by atoms with van der Waals surface area (Å²) in [6, 6.07) is 7.52. The summed E-state index contributed by atoms with van der Waals surface area (Å²) < 4.78 is 0. The number of rotatable bonds is 6. The summed E-state index contributed by atoms with van der Waals surface area (Å²) in [6.07, 6.45) is 1.00. The molecule has 0 saturated carbocycles. The van der Waals surface area contributed by atoms with Gasteiger partial charge < -0.3 is 5.32 Å². The summed E-state index contributed by atoms with van der Waals surface area (Å²) in [4.78, 5) is 23.2. The average Bonchev–Trinajstić information content (AvgIpc) is 2.51. The molecule has 1 aromatic rings. The van der Waals surface area contributed by atoms with Gasteiger partial charge in [-0.25, -0.2) is 4.79 Å². The van der Waals surface area contributed by atoms with Crippen LogP contribution in [0.25, 0.3) is 0 Å². The van der Waals surface area contributed by atoms with E-state index in [9.17, 15) is 9.59 Å². The van der Waals surface area contributed by atoms with Crippen molar-refractivity contribution in [2.45, 2.75) is 46.2 Å². The average molecular weight is 305 g/mol. The molecule has 0 aliphatic rings. The maximum Gasteiger partial charge on any atom is 0.321 e. The first-order chi connectivity index (χ1) is 10.4. The van der Waals surface area contributed by atoms with Crippen LogP contribution in [-0.2, 0) is 11.2 Å². The molecular weight excluding hydrogens is 278 g/mol. The summed E-state index contributed by atoms with van der Waals surface area (Å²) >= 11 is 0. The second kappa shape index (κ2) is 8.54. The monoisotopic (exact) mass is 305 g/mol. The molecule has 1 aromatic carbocycles. The van der Waals surface area contributed by atoms with Crippen molar-refractivity contribution in [2.24, 2.45) is 5.92 Å². The fourth-order valence-electron chi connectivity index (χ4n) is 2.26. The molecule has 0 unspecified atom stereocenters. The van der Waals surface area contributed by atoms with E-state index >= 15 is 0 Å². The SMILES string of the molecule is CCc1ccc([C@H](N[C@@H](C)C(=O)NC(=O)NC)C(C)C)cc1. The lowest BCUT2D eigenvalue weighted by Crippen LogP contribution is -2.48. The number of imide groups is 1. The molecule has 122 valence electrons. The fourth-order valence-corrected chi connectivity index (χ4v) is 2.26. The molecule has 0 heterocycles. The van der Waals surface area contributed by atoms with Crippen LogP contribution < -0.4 is 16.0 Å². The molecule has 22 heavy (non-hydrogen) atoms. The van der Waals surface area contributed by atoms with Gasteiger partial charge >= 0.3 is 6.03 Å². The molecule has 0 aliphatic heterocycles. The van der Waals surface area contributed by atoms with Crippen LogP contribution in [0.3, 0.4) is 0 Å². The zero-order valence-electron chi connectivity index (χ0n) is 14.1. The summed E-state index contributed by atoms with van der Waals surface area (Å²) in [6.45, 7) is 8.09. The van der Waals surface area contributed by atoms with Crippen molar-refractivity contribution in [1.82, 2.24) is 16.0 Å². The Kier molecular flexibility index (Phi) is 7.05. The van der Waals surface area contributed by atoms with E-state index in [2.05, 4.69) is 61.0 Å². The van der Waals surface area contributed by atoms with Crippen LogP contribution in [0.2, 0.25) is 0 Å². The van der Waals surface area contributed by atoms with E-state index in [1.165, 1.54) is 12.6 Å². The van der Waals surface area contributed by atoms with Gasteiger partial charge in [0.2, 0.25) is 5.91 Å². The van der Waals surface area contributed by atoms with Gasteiger partial charge in [0.05, 0.1) is 6.04 Å². The second-order valence-corrected chi connectivity index (χ2v) is 5.77. The van der Waals surface area contributed by atoms with Gasteiger partial charge in [-0.2, -0.15) is 0 Å². The molecule has 1 rings (SSSR count). The summed E-state index contributed by atoms with van der Waals surface area (Å²) in [7, 11) is 1.48. The minimum Gasteiger partial charge on any atom is -0.341 e. The van der Waals surface area contributed by atoms with Crippen LogP contribution in [0.15, 0.2) is 24.3 Å². The lowest BCUT2D eigenvalue weighted by molar-refractivity contribution is -0.121. The van der Waals surface area contributed by atoms with Crippen LogP contribution >= 0.6 is 0 Å². The number of hydrogen-bond donors (Lipinski definition) is 3. The van der Waals surface area contributed by atoms with Gasteiger partial charge in [0, 0.05) is 13.1 Å². The quantitative estimate of drug-likeness (QED) is 0.756. The van der Waals surface area contributed by atoms with Crippen molar-refractivity contribution in [2.75, 3.05) is 7.05 Å². The van der Waals surface area contributed by atoms with E-state index in [0.717, 1.165) is 12.0 Å². The normalized spacial score (nSPS) is 13.5. The fraction of sp³-hybridized carbons (Fsp3) is 0.529. The number of benzene rings is 1. The molecule has 5 heteroatoms. The third kappa shape index (κ3) is 5.15. The van der Waals surface area contributed by atoms with Crippen LogP contribution in [0.4, 0.5) is 4.79 Å². The van der Waals surface area contributed by atoms with E-state index in [1.54, 1.807) is 6.92 Å². The van der Waals surface area contributed by atoms with Crippen molar-refractivity contribution in [3.05, 3.63) is 35.4 Å². The Morgan fingerprint density at radius 1 is 1.09 bits per heavy atom. The third-order valence-electron chi connectivity index (χ3n) is 3.70. The van der Waals surface area contributed by atoms with Crippen molar-refractivity contribution in [3.63, 3.8) is 0 Å². The Morgan fingerprint density at radius 2 is 1.68 bits per heavy atom. The largest absolute Gasteiger partial charge is 0.341 e. The van der Waals surface area contributed by atoms with E-state index < -0.39 is 12.1 Å².